The molecule has 1 aliphatic heterocycles. The average molecular weight is 193 g/mol. The molecule has 0 atom stereocenters. The highest BCUT2D eigenvalue weighted by Crippen LogP contribution is 2.07. The van der Waals surface area contributed by atoms with E-state index in [9.17, 15) is 0 Å². The van der Waals surface area contributed by atoms with E-state index in [-0.39, 0.29) is 0 Å². The first kappa shape index (κ1) is 9.74. The zero-order valence-electron chi connectivity index (χ0n) is 8.60. The van der Waals surface area contributed by atoms with Gasteiger partial charge in [0.05, 0.1) is 0 Å². The van der Waals surface area contributed by atoms with Crippen LogP contribution < -0.4 is 5.73 Å². The van der Waals surface area contributed by atoms with Crippen molar-refractivity contribution in [3.8, 4) is 0 Å². The molecule has 0 spiro atoms. The minimum atomic E-state index is 0.442. The fraction of sp³-hybridized carbons (Fsp3) is 0.636. The van der Waals surface area contributed by atoms with Crippen molar-refractivity contribution in [2.75, 3.05) is 19.6 Å². The molecular weight excluding hydrogens is 174 g/mol. The fourth-order valence-corrected chi connectivity index (χ4v) is 1.95. The molecule has 0 aliphatic carbocycles. The highest BCUT2D eigenvalue weighted by molar-refractivity contribution is 4.90. The molecule has 78 valence electrons. The van der Waals surface area contributed by atoms with Crippen LogP contribution >= 0.6 is 0 Å². The van der Waals surface area contributed by atoms with E-state index in [4.69, 9.17) is 5.73 Å². The Hall–Kier alpha value is -0.800. The van der Waals surface area contributed by atoms with Gasteiger partial charge in [0.2, 0.25) is 0 Å². The number of hydrogen-bond acceptors (Lipinski definition) is 2. The summed E-state index contributed by atoms with van der Waals surface area (Å²) in [5, 5.41) is 0. The van der Waals surface area contributed by atoms with Gasteiger partial charge in [0.25, 0.3) is 0 Å². The van der Waals surface area contributed by atoms with Crippen LogP contribution in [0, 0.1) is 0 Å². The van der Waals surface area contributed by atoms with E-state index in [0.717, 1.165) is 25.9 Å². The third-order valence-corrected chi connectivity index (χ3v) is 2.97. The second kappa shape index (κ2) is 4.62. The summed E-state index contributed by atoms with van der Waals surface area (Å²) in [6, 6.07) is 4.59. The number of aromatic nitrogens is 1. The third-order valence-electron chi connectivity index (χ3n) is 2.97. The second-order valence-electron chi connectivity index (χ2n) is 4.10. The Balaban J connectivity index is 1.71. The smallest absolute Gasteiger partial charge is 0.0347 e. The monoisotopic (exact) mass is 193 g/mol. The number of piperidine rings is 1. The molecule has 0 aromatic carbocycles. The lowest BCUT2D eigenvalue weighted by molar-refractivity contribution is 0.206. The number of hydrogen-bond donors (Lipinski definition) is 1. The van der Waals surface area contributed by atoms with Crippen LogP contribution in [-0.4, -0.2) is 35.1 Å². The maximum atomic E-state index is 5.86. The molecule has 3 nitrogen and oxygen atoms in total. The molecule has 1 aliphatic rings. The van der Waals surface area contributed by atoms with Crippen LogP contribution in [0.2, 0.25) is 0 Å². The molecule has 2 rings (SSSR count). The number of rotatable bonds is 3. The zero-order chi connectivity index (χ0) is 9.80. The number of nitrogens with zero attached hydrogens (tertiary/aromatic N) is 2. The molecule has 2 heterocycles. The Bertz CT molecular complexity index is 248. The SMILES string of the molecule is NC1CCN(CCn2cccc2)CC1. The minimum Gasteiger partial charge on any atom is -0.353 e. The van der Waals surface area contributed by atoms with E-state index in [1.807, 2.05) is 0 Å². The topological polar surface area (TPSA) is 34.2 Å². The van der Waals surface area contributed by atoms with Crippen molar-refractivity contribution >= 4 is 0 Å². The molecule has 1 fully saturated rings. The van der Waals surface area contributed by atoms with Gasteiger partial charge in [-0.2, -0.15) is 0 Å². The van der Waals surface area contributed by atoms with Gasteiger partial charge < -0.3 is 15.2 Å². The van der Waals surface area contributed by atoms with E-state index in [1.165, 1.54) is 13.1 Å². The van der Waals surface area contributed by atoms with Gasteiger partial charge in [-0.1, -0.05) is 0 Å². The molecular formula is C11H19N3. The molecule has 1 aromatic heterocycles. The molecule has 0 saturated carbocycles. The van der Waals surface area contributed by atoms with Crippen molar-refractivity contribution in [1.29, 1.82) is 0 Å². The second-order valence-corrected chi connectivity index (χ2v) is 4.10. The summed E-state index contributed by atoms with van der Waals surface area (Å²) >= 11 is 0. The average Bonchev–Trinajstić information content (AvgIpc) is 2.70. The summed E-state index contributed by atoms with van der Waals surface area (Å²) in [6.07, 6.45) is 6.56. The van der Waals surface area contributed by atoms with Crippen LogP contribution in [0.25, 0.3) is 0 Å². The lowest BCUT2D eigenvalue weighted by Crippen LogP contribution is -2.40. The van der Waals surface area contributed by atoms with Crippen LogP contribution in [0.3, 0.4) is 0 Å². The maximum Gasteiger partial charge on any atom is 0.0347 e. The zero-order valence-corrected chi connectivity index (χ0v) is 8.60. The van der Waals surface area contributed by atoms with Gasteiger partial charge in [0.15, 0.2) is 0 Å². The van der Waals surface area contributed by atoms with Crippen LogP contribution in [-0.2, 0) is 6.54 Å². The minimum absolute atomic E-state index is 0.442. The number of likely N-dealkylation sites (tertiary alicyclic amines) is 1. The van der Waals surface area contributed by atoms with Crippen molar-refractivity contribution in [2.24, 2.45) is 5.73 Å². The van der Waals surface area contributed by atoms with Gasteiger partial charge in [-0.3, -0.25) is 0 Å². The molecule has 0 amide bonds. The van der Waals surface area contributed by atoms with E-state index in [0.29, 0.717) is 6.04 Å². The summed E-state index contributed by atoms with van der Waals surface area (Å²) in [4.78, 5) is 2.50. The van der Waals surface area contributed by atoms with Gasteiger partial charge in [0.1, 0.15) is 0 Å². The van der Waals surface area contributed by atoms with Crippen molar-refractivity contribution in [1.82, 2.24) is 9.47 Å². The summed E-state index contributed by atoms with van der Waals surface area (Å²) in [5.74, 6) is 0. The van der Waals surface area contributed by atoms with Crippen molar-refractivity contribution < 1.29 is 0 Å². The highest BCUT2D eigenvalue weighted by Gasteiger charge is 2.14. The van der Waals surface area contributed by atoms with E-state index in [1.54, 1.807) is 0 Å². The van der Waals surface area contributed by atoms with E-state index in [2.05, 4.69) is 34.0 Å². The van der Waals surface area contributed by atoms with E-state index >= 15 is 0 Å². The molecule has 0 bridgehead atoms. The Morgan fingerprint density at radius 1 is 1.07 bits per heavy atom. The molecule has 0 unspecified atom stereocenters. The standard InChI is InChI=1S/C11H19N3/c12-11-3-7-14(8-4-11)10-9-13-5-1-2-6-13/h1-2,5-6,11H,3-4,7-10,12H2. The Morgan fingerprint density at radius 3 is 2.36 bits per heavy atom. The van der Waals surface area contributed by atoms with Crippen LogP contribution in [0.4, 0.5) is 0 Å². The first-order valence-corrected chi connectivity index (χ1v) is 5.43. The summed E-state index contributed by atoms with van der Waals surface area (Å²) < 4.78 is 2.23. The Labute approximate surface area is 85.5 Å². The summed E-state index contributed by atoms with van der Waals surface area (Å²) in [6.45, 7) is 4.59. The van der Waals surface area contributed by atoms with Crippen molar-refractivity contribution in [3.05, 3.63) is 24.5 Å². The predicted molar refractivity (Wildman–Crippen MR) is 58.1 cm³/mol. The van der Waals surface area contributed by atoms with Crippen LogP contribution in [0.5, 0.6) is 0 Å². The summed E-state index contributed by atoms with van der Waals surface area (Å²) in [5.41, 5.74) is 5.86. The summed E-state index contributed by atoms with van der Waals surface area (Å²) in [7, 11) is 0. The molecule has 1 saturated heterocycles. The lowest BCUT2D eigenvalue weighted by Gasteiger charge is -2.30. The van der Waals surface area contributed by atoms with Gasteiger partial charge in [-0.05, 0) is 38.1 Å². The molecule has 1 aromatic rings. The largest absolute Gasteiger partial charge is 0.353 e. The molecule has 2 N–H and O–H groups in total. The lowest BCUT2D eigenvalue weighted by atomic mass is 10.1. The van der Waals surface area contributed by atoms with Gasteiger partial charge >= 0.3 is 0 Å². The Kier molecular flexibility index (Phi) is 3.22. The highest BCUT2D eigenvalue weighted by atomic mass is 15.2. The molecule has 0 radical (unpaired) electrons. The van der Waals surface area contributed by atoms with Crippen molar-refractivity contribution in [2.45, 2.75) is 25.4 Å². The fourth-order valence-electron chi connectivity index (χ4n) is 1.95. The quantitative estimate of drug-likeness (QED) is 0.774. The van der Waals surface area contributed by atoms with Gasteiger partial charge in [-0.25, -0.2) is 0 Å². The van der Waals surface area contributed by atoms with Crippen LogP contribution in [0.1, 0.15) is 12.8 Å². The van der Waals surface area contributed by atoms with Crippen molar-refractivity contribution in [3.63, 3.8) is 0 Å². The first-order valence-electron chi connectivity index (χ1n) is 5.43. The van der Waals surface area contributed by atoms with Gasteiger partial charge in [-0.15, -0.1) is 0 Å². The van der Waals surface area contributed by atoms with Gasteiger partial charge in [0, 0.05) is 31.5 Å². The molecule has 14 heavy (non-hydrogen) atoms. The first-order chi connectivity index (χ1) is 6.84. The normalized spacial score (nSPS) is 20.1. The predicted octanol–water partition coefficient (Wildman–Crippen LogP) is 0.911. The maximum absolute atomic E-state index is 5.86. The number of nitrogens with two attached hydrogens (primary N) is 1. The third kappa shape index (κ3) is 2.59. The van der Waals surface area contributed by atoms with Crippen LogP contribution in [0.15, 0.2) is 24.5 Å². The Morgan fingerprint density at radius 2 is 1.71 bits per heavy atom. The van der Waals surface area contributed by atoms with E-state index < -0.39 is 0 Å². The molecule has 3 heteroatoms.